The minimum Gasteiger partial charge on any atom is -0.326 e. The van der Waals surface area contributed by atoms with E-state index in [4.69, 9.17) is 11.6 Å². The number of halogens is 4. The Balaban J connectivity index is 1.96. The molecule has 0 aliphatic heterocycles. The van der Waals surface area contributed by atoms with E-state index >= 15 is 0 Å². The first-order chi connectivity index (χ1) is 12.2. The quantitative estimate of drug-likeness (QED) is 0.567. The van der Waals surface area contributed by atoms with Crippen LogP contribution in [0.4, 0.5) is 18.9 Å². The number of alkyl halides is 3. The van der Waals surface area contributed by atoms with Gasteiger partial charge in [-0.15, -0.1) is 11.3 Å². The predicted octanol–water partition coefficient (Wildman–Crippen LogP) is 4.55. The molecule has 2 rings (SSSR count). The van der Waals surface area contributed by atoms with Gasteiger partial charge < -0.3 is 5.32 Å². The SMILES string of the molecule is C/C(CC(=O)Nc1ccc(Cl)c(C(F)(F)F)c1)=N/NC(=O)c1cccs1. The highest BCUT2D eigenvalue weighted by Crippen LogP contribution is 2.36. The Morgan fingerprint density at radius 3 is 2.62 bits per heavy atom. The summed E-state index contributed by atoms with van der Waals surface area (Å²) in [4.78, 5) is 24.1. The van der Waals surface area contributed by atoms with Crippen LogP contribution in [0.2, 0.25) is 5.02 Å². The number of carbonyl (C=O) groups is 2. The second kappa shape index (κ2) is 8.33. The Morgan fingerprint density at radius 2 is 2.00 bits per heavy atom. The number of anilines is 1. The Morgan fingerprint density at radius 1 is 1.27 bits per heavy atom. The molecular weight excluding hydrogens is 391 g/mol. The van der Waals surface area contributed by atoms with Gasteiger partial charge >= 0.3 is 6.18 Å². The van der Waals surface area contributed by atoms with Crippen LogP contribution in [0.3, 0.4) is 0 Å². The molecule has 26 heavy (non-hydrogen) atoms. The summed E-state index contributed by atoms with van der Waals surface area (Å²) in [5, 5.41) is 7.42. The van der Waals surface area contributed by atoms with Gasteiger partial charge in [-0.25, -0.2) is 5.43 Å². The fraction of sp³-hybridized carbons (Fsp3) is 0.188. The summed E-state index contributed by atoms with van der Waals surface area (Å²) in [6, 6.07) is 6.41. The molecule has 2 amide bonds. The van der Waals surface area contributed by atoms with E-state index in [9.17, 15) is 22.8 Å². The number of rotatable bonds is 5. The van der Waals surface area contributed by atoms with Crippen LogP contribution in [0.15, 0.2) is 40.8 Å². The van der Waals surface area contributed by atoms with Gasteiger partial charge in [0.25, 0.3) is 5.91 Å². The molecule has 0 saturated heterocycles. The molecule has 1 heterocycles. The lowest BCUT2D eigenvalue weighted by Crippen LogP contribution is -2.21. The normalized spacial score (nSPS) is 12.0. The van der Waals surface area contributed by atoms with Crippen molar-refractivity contribution in [2.75, 3.05) is 5.32 Å². The number of amides is 2. The lowest BCUT2D eigenvalue weighted by molar-refractivity contribution is -0.137. The smallest absolute Gasteiger partial charge is 0.326 e. The zero-order chi connectivity index (χ0) is 19.3. The molecule has 2 aromatic rings. The molecule has 10 heteroatoms. The number of nitrogens with one attached hydrogen (secondary N) is 2. The highest BCUT2D eigenvalue weighted by Gasteiger charge is 2.33. The number of hydrogen-bond acceptors (Lipinski definition) is 4. The molecule has 2 N–H and O–H groups in total. The molecule has 0 aliphatic carbocycles. The average molecular weight is 404 g/mol. The number of hydrogen-bond donors (Lipinski definition) is 2. The molecule has 0 atom stereocenters. The van der Waals surface area contributed by atoms with Gasteiger partial charge in [0.15, 0.2) is 0 Å². The van der Waals surface area contributed by atoms with Gasteiger partial charge in [0.1, 0.15) is 0 Å². The van der Waals surface area contributed by atoms with Crippen molar-refractivity contribution in [2.45, 2.75) is 19.5 Å². The van der Waals surface area contributed by atoms with Crippen molar-refractivity contribution in [2.24, 2.45) is 5.10 Å². The summed E-state index contributed by atoms with van der Waals surface area (Å²) in [6.07, 6.45) is -4.82. The van der Waals surface area contributed by atoms with Crippen LogP contribution in [0.5, 0.6) is 0 Å². The van der Waals surface area contributed by atoms with Gasteiger partial charge in [0, 0.05) is 11.4 Å². The minimum absolute atomic E-state index is 0.0397. The second-order valence-electron chi connectivity index (χ2n) is 5.18. The fourth-order valence-corrected chi connectivity index (χ4v) is 2.74. The highest BCUT2D eigenvalue weighted by atomic mass is 35.5. The lowest BCUT2D eigenvalue weighted by Gasteiger charge is -2.11. The standard InChI is InChI=1S/C16H13ClF3N3O2S/c1-9(22-23-15(25)13-3-2-6-26-13)7-14(24)21-10-4-5-12(17)11(8-10)16(18,19)20/h2-6,8H,7H2,1H3,(H,21,24)(H,23,25)/b22-9-. The molecule has 1 aromatic heterocycles. The molecule has 1 aromatic carbocycles. The first-order valence-electron chi connectivity index (χ1n) is 7.20. The van der Waals surface area contributed by atoms with Crippen molar-refractivity contribution in [1.29, 1.82) is 0 Å². The Hall–Kier alpha value is -2.39. The van der Waals surface area contributed by atoms with Crippen LogP contribution in [0.25, 0.3) is 0 Å². The molecule has 0 spiro atoms. The third-order valence-corrected chi connectivity index (χ3v) is 4.26. The fourth-order valence-electron chi connectivity index (χ4n) is 1.91. The molecule has 0 fully saturated rings. The summed E-state index contributed by atoms with van der Waals surface area (Å²) in [7, 11) is 0. The maximum absolute atomic E-state index is 12.8. The zero-order valence-electron chi connectivity index (χ0n) is 13.4. The zero-order valence-corrected chi connectivity index (χ0v) is 14.9. The van der Waals surface area contributed by atoms with Crippen molar-refractivity contribution in [3.8, 4) is 0 Å². The van der Waals surface area contributed by atoms with Crippen LogP contribution in [0.1, 0.15) is 28.6 Å². The van der Waals surface area contributed by atoms with Crippen LogP contribution in [-0.4, -0.2) is 17.5 Å². The van der Waals surface area contributed by atoms with Gasteiger partial charge in [-0.05, 0) is 36.6 Å². The molecule has 138 valence electrons. The van der Waals surface area contributed by atoms with Gasteiger partial charge in [-0.3, -0.25) is 9.59 Å². The van der Waals surface area contributed by atoms with E-state index in [0.29, 0.717) is 4.88 Å². The Labute approximate surface area is 155 Å². The van der Waals surface area contributed by atoms with E-state index < -0.39 is 28.6 Å². The van der Waals surface area contributed by atoms with Crippen molar-refractivity contribution >= 4 is 46.2 Å². The maximum Gasteiger partial charge on any atom is 0.417 e. The van der Waals surface area contributed by atoms with E-state index in [1.54, 1.807) is 17.5 Å². The first kappa shape index (κ1) is 19.9. The summed E-state index contributed by atoms with van der Waals surface area (Å²) in [5.41, 5.74) is 1.52. The van der Waals surface area contributed by atoms with E-state index in [1.807, 2.05) is 0 Å². The Bertz CT molecular complexity index is 836. The number of thiophene rings is 1. The van der Waals surface area contributed by atoms with Gasteiger partial charge in [0.2, 0.25) is 5.91 Å². The van der Waals surface area contributed by atoms with E-state index in [1.165, 1.54) is 24.3 Å². The van der Waals surface area contributed by atoms with Gasteiger partial charge in [-0.2, -0.15) is 18.3 Å². The maximum atomic E-state index is 12.8. The topological polar surface area (TPSA) is 70.6 Å². The molecular formula is C16H13ClF3N3O2S. The van der Waals surface area contributed by atoms with E-state index in [0.717, 1.165) is 12.1 Å². The molecule has 0 bridgehead atoms. The van der Waals surface area contributed by atoms with Crippen molar-refractivity contribution in [3.63, 3.8) is 0 Å². The summed E-state index contributed by atoms with van der Waals surface area (Å²) < 4.78 is 38.4. The van der Waals surface area contributed by atoms with Crippen molar-refractivity contribution in [3.05, 3.63) is 51.2 Å². The number of hydrazone groups is 1. The number of nitrogens with zero attached hydrogens (tertiary/aromatic N) is 1. The largest absolute Gasteiger partial charge is 0.417 e. The second-order valence-corrected chi connectivity index (χ2v) is 6.54. The highest BCUT2D eigenvalue weighted by molar-refractivity contribution is 7.12. The monoisotopic (exact) mass is 403 g/mol. The first-order valence-corrected chi connectivity index (χ1v) is 8.46. The molecule has 0 aliphatic rings. The molecule has 0 saturated carbocycles. The average Bonchev–Trinajstić information content (AvgIpc) is 3.08. The molecule has 0 radical (unpaired) electrons. The molecule has 5 nitrogen and oxygen atoms in total. The molecule has 0 unspecified atom stereocenters. The van der Waals surface area contributed by atoms with Crippen molar-refractivity contribution < 1.29 is 22.8 Å². The Kier molecular flexibility index (Phi) is 6.38. The summed E-state index contributed by atoms with van der Waals surface area (Å²) in [6.45, 7) is 1.51. The van der Waals surface area contributed by atoms with E-state index in [2.05, 4.69) is 15.8 Å². The van der Waals surface area contributed by atoms with Gasteiger partial charge in [0.05, 0.1) is 21.9 Å². The van der Waals surface area contributed by atoms with E-state index in [-0.39, 0.29) is 17.8 Å². The van der Waals surface area contributed by atoms with Crippen molar-refractivity contribution in [1.82, 2.24) is 5.43 Å². The lowest BCUT2D eigenvalue weighted by atomic mass is 10.2. The predicted molar refractivity (Wildman–Crippen MR) is 94.6 cm³/mol. The number of benzene rings is 1. The van der Waals surface area contributed by atoms with Crippen LogP contribution in [-0.2, 0) is 11.0 Å². The van der Waals surface area contributed by atoms with Crippen LogP contribution in [0, 0.1) is 0 Å². The van der Waals surface area contributed by atoms with Crippen LogP contribution >= 0.6 is 22.9 Å². The van der Waals surface area contributed by atoms with Gasteiger partial charge in [-0.1, -0.05) is 17.7 Å². The summed E-state index contributed by atoms with van der Waals surface area (Å²) in [5.74, 6) is -0.987. The van der Waals surface area contributed by atoms with Crippen LogP contribution < -0.4 is 10.7 Å². The third-order valence-electron chi connectivity index (χ3n) is 3.07. The minimum atomic E-state index is -4.62. The summed E-state index contributed by atoms with van der Waals surface area (Å²) >= 11 is 6.76. The number of carbonyl (C=O) groups excluding carboxylic acids is 2. The third kappa shape index (κ3) is 5.57.